The van der Waals surface area contributed by atoms with Crippen LogP contribution >= 0.6 is 11.3 Å². The van der Waals surface area contributed by atoms with Gasteiger partial charge in [-0.1, -0.05) is 6.92 Å². The molecule has 4 heteroatoms. The van der Waals surface area contributed by atoms with E-state index in [1.165, 1.54) is 11.3 Å². The molecule has 0 saturated carbocycles. The number of rotatable bonds is 3. The number of thiazole rings is 1. The van der Waals surface area contributed by atoms with Crippen LogP contribution in [0.4, 0.5) is 5.13 Å². The smallest absolute Gasteiger partial charge is 0.180 e. The summed E-state index contributed by atoms with van der Waals surface area (Å²) in [5, 5.41) is 2.61. The van der Waals surface area contributed by atoms with Gasteiger partial charge < -0.3 is 5.73 Å². The number of nitrogen functional groups attached to an aromatic ring is 1. The van der Waals surface area contributed by atoms with Crippen molar-refractivity contribution in [2.45, 2.75) is 19.9 Å². The first-order valence-electron chi connectivity index (χ1n) is 5.00. The molecule has 0 atom stereocenters. The van der Waals surface area contributed by atoms with Crippen molar-refractivity contribution < 1.29 is 4.57 Å². The Morgan fingerprint density at radius 2 is 2.40 bits per heavy atom. The van der Waals surface area contributed by atoms with Gasteiger partial charge in [0.25, 0.3) is 0 Å². The molecule has 0 amide bonds. The molecule has 0 fully saturated rings. The van der Waals surface area contributed by atoms with Gasteiger partial charge in [0.2, 0.25) is 0 Å². The zero-order valence-electron chi connectivity index (χ0n) is 8.68. The molecule has 0 saturated heterocycles. The van der Waals surface area contributed by atoms with Crippen molar-refractivity contribution in [2.75, 3.05) is 5.73 Å². The van der Waals surface area contributed by atoms with Crippen molar-refractivity contribution >= 4 is 16.5 Å². The largest absolute Gasteiger partial charge is 0.375 e. The molecule has 0 bridgehead atoms. The van der Waals surface area contributed by atoms with Gasteiger partial charge in [0.1, 0.15) is 6.54 Å². The van der Waals surface area contributed by atoms with Crippen LogP contribution in [0.25, 0.3) is 11.3 Å². The molecule has 0 aliphatic rings. The lowest BCUT2D eigenvalue weighted by Gasteiger charge is -1.96. The highest BCUT2D eigenvalue weighted by atomic mass is 32.1. The predicted octanol–water partition coefficient (Wildman–Crippen LogP) is 2.09. The molecule has 15 heavy (non-hydrogen) atoms. The first-order chi connectivity index (χ1) is 7.29. The predicted molar refractivity (Wildman–Crippen MR) is 62.4 cm³/mol. The fourth-order valence-electron chi connectivity index (χ4n) is 1.49. The van der Waals surface area contributed by atoms with Gasteiger partial charge in [-0.2, -0.15) is 0 Å². The number of hydrogen-bond acceptors (Lipinski definition) is 3. The van der Waals surface area contributed by atoms with E-state index >= 15 is 0 Å². The second kappa shape index (κ2) is 4.40. The number of nitrogens with two attached hydrogens (primary N) is 1. The molecule has 78 valence electrons. The third-order valence-corrected chi connectivity index (χ3v) is 2.83. The van der Waals surface area contributed by atoms with E-state index in [0.29, 0.717) is 5.13 Å². The molecule has 0 aliphatic carbocycles. The first kappa shape index (κ1) is 10.1. The summed E-state index contributed by atoms with van der Waals surface area (Å²) in [5.74, 6) is 0. The Morgan fingerprint density at radius 3 is 3.07 bits per heavy atom. The average Bonchev–Trinajstić information content (AvgIpc) is 2.66. The molecule has 2 rings (SSSR count). The minimum absolute atomic E-state index is 0.621. The first-order valence-corrected chi connectivity index (χ1v) is 5.88. The third-order valence-electron chi connectivity index (χ3n) is 2.16. The maximum atomic E-state index is 5.61. The van der Waals surface area contributed by atoms with Gasteiger partial charge in [-0.25, -0.2) is 9.55 Å². The minimum Gasteiger partial charge on any atom is -0.375 e. The SMILES string of the molecule is CCC[n+]1cccc(-c2csc(N)n2)c1. The summed E-state index contributed by atoms with van der Waals surface area (Å²) in [5.41, 5.74) is 7.70. The molecule has 2 aromatic heterocycles. The Kier molecular flexibility index (Phi) is 2.97. The molecule has 3 nitrogen and oxygen atoms in total. The van der Waals surface area contributed by atoms with Crippen LogP contribution in [0.5, 0.6) is 0 Å². The van der Waals surface area contributed by atoms with E-state index in [0.717, 1.165) is 24.2 Å². The summed E-state index contributed by atoms with van der Waals surface area (Å²) >= 11 is 1.48. The topological polar surface area (TPSA) is 42.8 Å². The number of pyridine rings is 1. The van der Waals surface area contributed by atoms with Crippen molar-refractivity contribution in [1.82, 2.24) is 4.98 Å². The number of anilines is 1. The summed E-state index contributed by atoms with van der Waals surface area (Å²) in [6, 6.07) is 4.10. The van der Waals surface area contributed by atoms with Crippen LogP contribution in [0.1, 0.15) is 13.3 Å². The zero-order valence-corrected chi connectivity index (χ0v) is 9.50. The molecule has 2 N–H and O–H groups in total. The van der Waals surface area contributed by atoms with E-state index in [-0.39, 0.29) is 0 Å². The molecule has 0 aromatic carbocycles. The summed E-state index contributed by atoms with van der Waals surface area (Å²) < 4.78 is 2.17. The highest BCUT2D eigenvalue weighted by Crippen LogP contribution is 2.21. The van der Waals surface area contributed by atoms with E-state index in [4.69, 9.17) is 5.73 Å². The minimum atomic E-state index is 0.621. The molecule has 0 radical (unpaired) electrons. The maximum Gasteiger partial charge on any atom is 0.180 e. The van der Waals surface area contributed by atoms with Gasteiger partial charge in [0.15, 0.2) is 17.5 Å². The molecule has 2 aromatic rings. The molecular formula is C11H14N3S+. The van der Waals surface area contributed by atoms with Crippen molar-refractivity contribution in [3.05, 3.63) is 29.9 Å². The summed E-state index contributed by atoms with van der Waals surface area (Å²) in [7, 11) is 0. The van der Waals surface area contributed by atoms with Gasteiger partial charge in [-0.15, -0.1) is 11.3 Å². The van der Waals surface area contributed by atoms with Crippen LogP contribution in [0.15, 0.2) is 29.9 Å². The molecule has 0 spiro atoms. The van der Waals surface area contributed by atoms with Gasteiger partial charge in [0, 0.05) is 17.9 Å². The number of nitrogens with zero attached hydrogens (tertiary/aromatic N) is 2. The van der Waals surface area contributed by atoms with Crippen molar-refractivity contribution in [2.24, 2.45) is 0 Å². The lowest BCUT2D eigenvalue weighted by molar-refractivity contribution is -0.696. The van der Waals surface area contributed by atoms with Crippen LogP contribution in [-0.2, 0) is 6.54 Å². The lowest BCUT2D eigenvalue weighted by Crippen LogP contribution is -2.32. The molecule has 0 aliphatic heterocycles. The van der Waals surface area contributed by atoms with Crippen LogP contribution < -0.4 is 10.3 Å². The summed E-state index contributed by atoms with van der Waals surface area (Å²) in [6.07, 6.45) is 5.31. The molecule has 0 unspecified atom stereocenters. The Morgan fingerprint density at radius 1 is 1.53 bits per heavy atom. The molecule has 2 heterocycles. The maximum absolute atomic E-state index is 5.61. The van der Waals surface area contributed by atoms with Crippen LogP contribution in [0.3, 0.4) is 0 Å². The van der Waals surface area contributed by atoms with Crippen LogP contribution in [0.2, 0.25) is 0 Å². The van der Waals surface area contributed by atoms with Crippen molar-refractivity contribution in [1.29, 1.82) is 0 Å². The normalized spacial score (nSPS) is 10.5. The van der Waals surface area contributed by atoms with E-state index in [1.807, 2.05) is 11.4 Å². The van der Waals surface area contributed by atoms with Crippen molar-refractivity contribution in [3.63, 3.8) is 0 Å². The fourth-order valence-corrected chi connectivity index (χ4v) is 2.06. The lowest BCUT2D eigenvalue weighted by atomic mass is 10.2. The van der Waals surface area contributed by atoms with E-state index in [9.17, 15) is 0 Å². The van der Waals surface area contributed by atoms with Gasteiger partial charge in [0.05, 0.1) is 11.3 Å². The van der Waals surface area contributed by atoms with E-state index in [2.05, 4.69) is 34.9 Å². The standard InChI is InChI=1S/C11H14N3S/c1-2-5-14-6-3-4-9(7-14)10-8-15-11(12)13-10/h3-4,6-8H,2,5H2,1H3,(H2,12,13)/q+1. The summed E-state index contributed by atoms with van der Waals surface area (Å²) in [6.45, 7) is 3.20. The second-order valence-electron chi connectivity index (χ2n) is 3.40. The number of aromatic nitrogens is 2. The Hall–Kier alpha value is -1.42. The van der Waals surface area contributed by atoms with Crippen molar-refractivity contribution in [3.8, 4) is 11.3 Å². The Labute approximate surface area is 93.2 Å². The highest BCUT2D eigenvalue weighted by Gasteiger charge is 2.06. The zero-order chi connectivity index (χ0) is 10.7. The highest BCUT2D eigenvalue weighted by molar-refractivity contribution is 7.13. The quantitative estimate of drug-likeness (QED) is 0.805. The average molecular weight is 220 g/mol. The molecular weight excluding hydrogens is 206 g/mol. The number of hydrogen-bond donors (Lipinski definition) is 1. The third kappa shape index (κ3) is 2.33. The second-order valence-corrected chi connectivity index (χ2v) is 4.29. The Balaban J connectivity index is 2.32. The van der Waals surface area contributed by atoms with Crippen LogP contribution in [0, 0.1) is 0 Å². The Bertz CT molecular complexity index is 451. The number of aryl methyl sites for hydroxylation is 1. The monoisotopic (exact) mass is 220 g/mol. The van der Waals surface area contributed by atoms with Gasteiger partial charge >= 0.3 is 0 Å². The van der Waals surface area contributed by atoms with Crippen LogP contribution in [-0.4, -0.2) is 4.98 Å². The van der Waals surface area contributed by atoms with E-state index in [1.54, 1.807) is 0 Å². The van der Waals surface area contributed by atoms with Gasteiger partial charge in [-0.3, -0.25) is 0 Å². The van der Waals surface area contributed by atoms with Gasteiger partial charge in [-0.05, 0) is 6.07 Å². The summed E-state index contributed by atoms with van der Waals surface area (Å²) in [4.78, 5) is 4.27. The fraction of sp³-hybridized carbons (Fsp3) is 0.273. The van der Waals surface area contributed by atoms with E-state index < -0.39 is 0 Å².